The third kappa shape index (κ3) is 3.78. The van der Waals surface area contributed by atoms with Crippen molar-refractivity contribution in [2.24, 2.45) is 7.05 Å². The fraction of sp³-hybridized carbons (Fsp3) is 0.200. The maximum atomic E-state index is 12.8. The normalized spacial score (nSPS) is 11.5. The van der Waals surface area contributed by atoms with Crippen LogP contribution in [0.2, 0.25) is 0 Å². The van der Waals surface area contributed by atoms with E-state index in [1.807, 2.05) is 6.92 Å². The molecule has 0 atom stereocenters. The van der Waals surface area contributed by atoms with Gasteiger partial charge in [0.2, 0.25) is 0 Å². The van der Waals surface area contributed by atoms with Crippen molar-refractivity contribution >= 4 is 15.8 Å². The van der Waals surface area contributed by atoms with E-state index in [4.69, 9.17) is 0 Å². The maximum absolute atomic E-state index is 12.8. The predicted molar refractivity (Wildman–Crippen MR) is 102 cm³/mol. The minimum absolute atomic E-state index is 0.00689. The summed E-state index contributed by atoms with van der Waals surface area (Å²) in [5, 5.41) is 14.2. The van der Waals surface area contributed by atoms with Crippen LogP contribution in [-0.2, 0) is 29.1 Å². The Morgan fingerprint density at radius 3 is 2.30 bits per heavy atom. The van der Waals surface area contributed by atoms with E-state index in [0.29, 0.717) is 17.7 Å². The van der Waals surface area contributed by atoms with E-state index in [0.717, 1.165) is 5.56 Å². The summed E-state index contributed by atoms with van der Waals surface area (Å²) in [6.45, 7) is 1.92. The average Bonchev–Trinajstić information content (AvgIpc) is 3.07. The lowest BCUT2D eigenvalue weighted by molar-refractivity contribution is 0.0696. The average molecular weight is 384 g/mol. The first-order valence-corrected chi connectivity index (χ1v) is 10.1. The van der Waals surface area contributed by atoms with E-state index in [2.05, 4.69) is 5.10 Å². The molecule has 3 rings (SSSR count). The number of rotatable bonds is 6. The van der Waals surface area contributed by atoms with E-state index in [9.17, 15) is 18.3 Å². The number of carboxylic acid groups (broad SMARTS) is 1. The van der Waals surface area contributed by atoms with Gasteiger partial charge in [0.1, 0.15) is 0 Å². The number of sulfone groups is 1. The molecular weight excluding hydrogens is 364 g/mol. The van der Waals surface area contributed by atoms with Gasteiger partial charge < -0.3 is 5.11 Å². The first-order valence-electron chi connectivity index (χ1n) is 8.49. The summed E-state index contributed by atoms with van der Waals surface area (Å²) in [6, 6.07) is 13.1. The molecule has 140 valence electrons. The molecule has 0 amide bonds. The molecular formula is C20H20N2O4S. The second-order valence-electron chi connectivity index (χ2n) is 6.24. The highest BCUT2D eigenvalue weighted by atomic mass is 32.2. The molecule has 27 heavy (non-hydrogen) atoms. The van der Waals surface area contributed by atoms with Crippen molar-refractivity contribution < 1.29 is 18.3 Å². The minimum atomic E-state index is -3.67. The van der Waals surface area contributed by atoms with E-state index in [1.165, 1.54) is 12.1 Å². The quantitative estimate of drug-likeness (QED) is 0.704. The largest absolute Gasteiger partial charge is 0.478 e. The molecule has 2 aromatic carbocycles. The number of aryl methyl sites for hydroxylation is 2. The first kappa shape index (κ1) is 18.8. The van der Waals surface area contributed by atoms with Gasteiger partial charge in [-0.3, -0.25) is 4.68 Å². The molecule has 0 saturated heterocycles. The van der Waals surface area contributed by atoms with Crippen molar-refractivity contribution in [2.75, 3.05) is 0 Å². The van der Waals surface area contributed by atoms with Gasteiger partial charge >= 0.3 is 5.97 Å². The standard InChI is InChI=1S/C20H20N2O4S/c1-3-14-9-10-15(13-27(25,26)16-7-5-4-6-8-16)19(20(23)24)18(14)17-11-12-22(2)21-17/h4-12H,3,13H2,1-2H3,(H,23,24). The lowest BCUT2D eigenvalue weighted by Crippen LogP contribution is -2.12. The number of aromatic carboxylic acids is 1. The third-order valence-corrected chi connectivity index (χ3v) is 6.07. The molecule has 6 nitrogen and oxygen atoms in total. The van der Waals surface area contributed by atoms with Crippen LogP contribution in [0, 0.1) is 0 Å². The van der Waals surface area contributed by atoms with Crippen LogP contribution in [0.4, 0.5) is 0 Å². The third-order valence-electron chi connectivity index (χ3n) is 4.39. The SMILES string of the molecule is CCc1ccc(CS(=O)(=O)c2ccccc2)c(C(=O)O)c1-c1ccn(C)n1. The number of hydrogen-bond acceptors (Lipinski definition) is 4. The van der Waals surface area contributed by atoms with Gasteiger partial charge in [0.25, 0.3) is 0 Å². The number of carboxylic acids is 1. The van der Waals surface area contributed by atoms with E-state index in [1.54, 1.807) is 54.3 Å². The zero-order valence-electron chi connectivity index (χ0n) is 15.1. The zero-order chi connectivity index (χ0) is 19.6. The van der Waals surface area contributed by atoms with Gasteiger partial charge in [0, 0.05) is 18.8 Å². The Morgan fingerprint density at radius 1 is 1.07 bits per heavy atom. The molecule has 0 aliphatic heterocycles. The highest BCUT2D eigenvalue weighted by Crippen LogP contribution is 2.31. The summed E-state index contributed by atoms with van der Waals surface area (Å²) in [5.74, 6) is -1.55. The van der Waals surface area contributed by atoms with E-state index >= 15 is 0 Å². The second kappa shape index (κ2) is 7.36. The van der Waals surface area contributed by atoms with Crippen molar-refractivity contribution in [1.82, 2.24) is 9.78 Å². The fourth-order valence-electron chi connectivity index (χ4n) is 3.11. The molecule has 0 spiro atoms. The molecule has 1 aromatic heterocycles. The zero-order valence-corrected chi connectivity index (χ0v) is 15.9. The molecule has 0 bridgehead atoms. The molecule has 0 aliphatic rings. The minimum Gasteiger partial charge on any atom is -0.478 e. The molecule has 1 heterocycles. The topological polar surface area (TPSA) is 89.3 Å². The van der Waals surface area contributed by atoms with Crippen LogP contribution in [0.1, 0.15) is 28.4 Å². The maximum Gasteiger partial charge on any atom is 0.336 e. The monoisotopic (exact) mass is 384 g/mol. The van der Waals surface area contributed by atoms with Gasteiger partial charge in [-0.05, 0) is 35.7 Å². The number of hydrogen-bond donors (Lipinski definition) is 1. The van der Waals surface area contributed by atoms with Crippen LogP contribution in [0.25, 0.3) is 11.3 Å². The summed E-state index contributed by atoms with van der Waals surface area (Å²) in [5.41, 5.74) is 2.06. The summed E-state index contributed by atoms with van der Waals surface area (Å²) >= 11 is 0. The summed E-state index contributed by atoms with van der Waals surface area (Å²) in [4.78, 5) is 12.3. The van der Waals surface area contributed by atoms with Crippen LogP contribution in [0.15, 0.2) is 59.6 Å². The van der Waals surface area contributed by atoms with Gasteiger partial charge in [-0.15, -0.1) is 0 Å². The highest BCUT2D eigenvalue weighted by Gasteiger charge is 2.25. The van der Waals surface area contributed by atoms with Crippen molar-refractivity contribution in [3.63, 3.8) is 0 Å². The Hall–Kier alpha value is -2.93. The Kier molecular flexibility index (Phi) is 5.14. The number of carbonyl (C=O) groups is 1. The molecule has 0 aliphatic carbocycles. The van der Waals surface area contributed by atoms with Crippen LogP contribution >= 0.6 is 0 Å². The summed E-state index contributed by atoms with van der Waals surface area (Å²) < 4.78 is 27.1. The first-order chi connectivity index (χ1) is 12.8. The molecule has 3 aromatic rings. The van der Waals surface area contributed by atoms with Crippen molar-refractivity contribution in [2.45, 2.75) is 24.0 Å². The lowest BCUT2D eigenvalue weighted by Gasteiger charge is -2.15. The molecule has 0 radical (unpaired) electrons. The Labute approximate surface area is 158 Å². The fourth-order valence-corrected chi connectivity index (χ4v) is 4.49. The molecule has 0 fully saturated rings. The van der Waals surface area contributed by atoms with Crippen molar-refractivity contribution in [1.29, 1.82) is 0 Å². The van der Waals surface area contributed by atoms with Gasteiger partial charge in [-0.1, -0.05) is 37.3 Å². The highest BCUT2D eigenvalue weighted by molar-refractivity contribution is 7.90. The van der Waals surface area contributed by atoms with Crippen molar-refractivity contribution in [3.05, 3.63) is 71.4 Å². The van der Waals surface area contributed by atoms with Crippen LogP contribution < -0.4 is 0 Å². The van der Waals surface area contributed by atoms with Gasteiger partial charge in [-0.2, -0.15) is 5.10 Å². The van der Waals surface area contributed by atoms with Crippen LogP contribution in [0.5, 0.6) is 0 Å². The number of aromatic nitrogens is 2. The molecule has 0 unspecified atom stereocenters. The predicted octanol–water partition coefficient (Wildman–Crippen LogP) is 3.32. The van der Waals surface area contributed by atoms with Crippen LogP contribution in [0.3, 0.4) is 0 Å². The van der Waals surface area contributed by atoms with Crippen molar-refractivity contribution in [3.8, 4) is 11.3 Å². The Bertz CT molecular complexity index is 1090. The van der Waals surface area contributed by atoms with E-state index in [-0.39, 0.29) is 21.8 Å². The molecule has 0 saturated carbocycles. The van der Waals surface area contributed by atoms with Gasteiger partial charge in [0.15, 0.2) is 9.84 Å². The smallest absolute Gasteiger partial charge is 0.336 e. The van der Waals surface area contributed by atoms with Crippen LogP contribution in [-0.4, -0.2) is 29.3 Å². The van der Waals surface area contributed by atoms with Gasteiger partial charge in [-0.25, -0.2) is 13.2 Å². The molecule has 7 heteroatoms. The summed E-state index contributed by atoms with van der Waals surface area (Å²) in [7, 11) is -1.92. The number of nitrogens with zero attached hydrogens (tertiary/aromatic N) is 2. The number of benzene rings is 2. The van der Waals surface area contributed by atoms with E-state index < -0.39 is 15.8 Å². The molecule has 1 N–H and O–H groups in total. The Balaban J connectivity index is 2.18. The lowest BCUT2D eigenvalue weighted by atomic mass is 9.93. The second-order valence-corrected chi connectivity index (χ2v) is 8.23. The Morgan fingerprint density at radius 2 is 1.74 bits per heavy atom. The van der Waals surface area contributed by atoms with Gasteiger partial charge in [0.05, 0.1) is 21.9 Å². The summed E-state index contributed by atoms with van der Waals surface area (Å²) in [6.07, 6.45) is 2.34.